The number of aryl methyl sites for hydroxylation is 1. The van der Waals surface area contributed by atoms with E-state index in [1.54, 1.807) is 7.11 Å². The molecule has 2 heteroatoms. The first-order chi connectivity index (χ1) is 7.69. The van der Waals surface area contributed by atoms with Gasteiger partial charge in [-0.15, -0.1) is 0 Å². The highest BCUT2D eigenvalue weighted by molar-refractivity contribution is 5.96. The zero-order valence-corrected chi connectivity index (χ0v) is 10.4. The second kappa shape index (κ2) is 6.31. The molecular weight excluding hydrogens is 200 g/mol. The number of ether oxygens (including phenoxy) is 1. The molecule has 0 aromatic heterocycles. The van der Waals surface area contributed by atoms with E-state index in [-0.39, 0.29) is 5.78 Å². The van der Waals surface area contributed by atoms with Gasteiger partial charge in [0.25, 0.3) is 0 Å². The van der Waals surface area contributed by atoms with Crippen molar-refractivity contribution in [1.82, 2.24) is 0 Å². The molecule has 0 heterocycles. The molecule has 2 nitrogen and oxygen atoms in total. The number of rotatable bonds is 6. The number of benzene rings is 1. The maximum atomic E-state index is 11.8. The molecule has 1 aromatic carbocycles. The lowest BCUT2D eigenvalue weighted by Crippen LogP contribution is -2.00. The number of hydrogen-bond donors (Lipinski definition) is 0. The summed E-state index contributed by atoms with van der Waals surface area (Å²) in [5.74, 6) is 1.01. The summed E-state index contributed by atoms with van der Waals surface area (Å²) < 4.78 is 5.21. The Labute approximate surface area is 97.6 Å². The van der Waals surface area contributed by atoms with Gasteiger partial charge in [0.15, 0.2) is 5.78 Å². The Hall–Kier alpha value is -1.31. The van der Waals surface area contributed by atoms with Gasteiger partial charge in [-0.2, -0.15) is 0 Å². The molecule has 0 radical (unpaired) electrons. The number of ketones is 1. The summed E-state index contributed by atoms with van der Waals surface area (Å²) in [5, 5.41) is 0. The predicted molar refractivity (Wildman–Crippen MR) is 66.2 cm³/mol. The zero-order chi connectivity index (χ0) is 12.0. The van der Waals surface area contributed by atoms with Crippen LogP contribution in [0.2, 0.25) is 0 Å². The third kappa shape index (κ3) is 3.37. The van der Waals surface area contributed by atoms with Crippen LogP contribution in [0, 0.1) is 6.92 Å². The molecule has 0 saturated heterocycles. The summed E-state index contributed by atoms with van der Waals surface area (Å²) in [6, 6.07) is 5.65. The van der Waals surface area contributed by atoms with Crippen LogP contribution < -0.4 is 4.74 Å². The van der Waals surface area contributed by atoms with Crippen LogP contribution in [0.4, 0.5) is 0 Å². The summed E-state index contributed by atoms with van der Waals surface area (Å²) in [4.78, 5) is 11.8. The van der Waals surface area contributed by atoms with Crippen molar-refractivity contribution in [3.05, 3.63) is 29.3 Å². The Balaban J connectivity index is 2.68. The number of carbonyl (C=O) groups excluding carboxylic acids is 1. The fourth-order valence-corrected chi connectivity index (χ4v) is 1.67. The zero-order valence-electron chi connectivity index (χ0n) is 10.4. The lowest BCUT2D eigenvalue weighted by atomic mass is 10.0. The normalized spacial score (nSPS) is 10.2. The molecule has 0 fully saturated rings. The SMILES string of the molecule is CCCCCC(=O)c1ccc(C)c(OC)c1. The van der Waals surface area contributed by atoms with E-state index >= 15 is 0 Å². The highest BCUT2D eigenvalue weighted by Crippen LogP contribution is 2.20. The molecule has 16 heavy (non-hydrogen) atoms. The number of Topliss-reactive ketones (excluding diaryl/α,β-unsaturated/α-hetero) is 1. The summed E-state index contributed by atoms with van der Waals surface area (Å²) >= 11 is 0. The van der Waals surface area contributed by atoms with Gasteiger partial charge in [0.2, 0.25) is 0 Å². The van der Waals surface area contributed by atoms with E-state index in [4.69, 9.17) is 4.74 Å². The minimum Gasteiger partial charge on any atom is -0.496 e. The van der Waals surface area contributed by atoms with Gasteiger partial charge in [-0.1, -0.05) is 31.9 Å². The van der Waals surface area contributed by atoms with E-state index < -0.39 is 0 Å². The van der Waals surface area contributed by atoms with Crippen molar-refractivity contribution in [2.75, 3.05) is 7.11 Å². The van der Waals surface area contributed by atoms with Crippen LogP contribution >= 0.6 is 0 Å². The molecule has 0 amide bonds. The minimum absolute atomic E-state index is 0.215. The van der Waals surface area contributed by atoms with E-state index in [2.05, 4.69) is 6.92 Å². The third-order valence-corrected chi connectivity index (χ3v) is 2.74. The highest BCUT2D eigenvalue weighted by Gasteiger charge is 2.07. The molecule has 1 aromatic rings. The first-order valence-corrected chi connectivity index (χ1v) is 5.87. The molecule has 0 atom stereocenters. The molecule has 1 rings (SSSR count). The Bertz CT molecular complexity index is 356. The van der Waals surface area contributed by atoms with E-state index in [0.29, 0.717) is 6.42 Å². The van der Waals surface area contributed by atoms with Crippen LogP contribution in [-0.4, -0.2) is 12.9 Å². The molecule has 88 valence electrons. The quantitative estimate of drug-likeness (QED) is 0.539. The van der Waals surface area contributed by atoms with Gasteiger partial charge in [-0.25, -0.2) is 0 Å². The van der Waals surface area contributed by atoms with E-state index in [1.807, 2.05) is 25.1 Å². The van der Waals surface area contributed by atoms with Gasteiger partial charge in [-0.3, -0.25) is 4.79 Å². The molecule has 0 aliphatic carbocycles. The number of hydrogen-bond acceptors (Lipinski definition) is 2. The lowest BCUT2D eigenvalue weighted by molar-refractivity contribution is 0.0979. The third-order valence-electron chi connectivity index (χ3n) is 2.74. The first-order valence-electron chi connectivity index (χ1n) is 5.87. The Morgan fingerprint density at radius 1 is 1.31 bits per heavy atom. The van der Waals surface area contributed by atoms with Gasteiger partial charge >= 0.3 is 0 Å². The maximum Gasteiger partial charge on any atom is 0.163 e. The van der Waals surface area contributed by atoms with Gasteiger partial charge in [0.1, 0.15) is 5.75 Å². The van der Waals surface area contributed by atoms with E-state index in [9.17, 15) is 4.79 Å². The predicted octanol–water partition coefficient (Wildman–Crippen LogP) is 3.77. The van der Waals surface area contributed by atoms with Crippen molar-refractivity contribution < 1.29 is 9.53 Å². The topological polar surface area (TPSA) is 26.3 Å². The van der Waals surface area contributed by atoms with E-state index in [0.717, 1.165) is 36.1 Å². The van der Waals surface area contributed by atoms with Crippen molar-refractivity contribution in [1.29, 1.82) is 0 Å². The van der Waals surface area contributed by atoms with Crippen molar-refractivity contribution in [3.8, 4) is 5.75 Å². The molecule has 0 bridgehead atoms. The van der Waals surface area contributed by atoms with Crippen molar-refractivity contribution in [2.24, 2.45) is 0 Å². The molecule has 0 N–H and O–H groups in total. The van der Waals surface area contributed by atoms with Crippen LogP contribution in [0.3, 0.4) is 0 Å². The molecule has 0 aliphatic heterocycles. The summed E-state index contributed by atoms with van der Waals surface area (Å²) in [7, 11) is 1.63. The largest absolute Gasteiger partial charge is 0.496 e. The fraction of sp³-hybridized carbons (Fsp3) is 0.500. The molecule has 0 aliphatic rings. The van der Waals surface area contributed by atoms with Crippen LogP contribution in [0.5, 0.6) is 5.75 Å². The average Bonchev–Trinajstić information content (AvgIpc) is 2.30. The first kappa shape index (κ1) is 12.8. The second-order valence-electron chi connectivity index (χ2n) is 4.06. The molecular formula is C14H20O2. The lowest BCUT2D eigenvalue weighted by Gasteiger charge is -2.06. The van der Waals surface area contributed by atoms with Crippen LogP contribution in [-0.2, 0) is 0 Å². The van der Waals surface area contributed by atoms with Crippen molar-refractivity contribution in [3.63, 3.8) is 0 Å². The van der Waals surface area contributed by atoms with Crippen LogP contribution in [0.15, 0.2) is 18.2 Å². The van der Waals surface area contributed by atoms with Gasteiger partial charge in [0, 0.05) is 12.0 Å². The number of unbranched alkanes of at least 4 members (excludes halogenated alkanes) is 2. The molecule has 0 spiro atoms. The minimum atomic E-state index is 0.215. The Morgan fingerprint density at radius 2 is 2.06 bits per heavy atom. The summed E-state index contributed by atoms with van der Waals surface area (Å²) in [6.07, 6.45) is 3.88. The number of carbonyl (C=O) groups is 1. The Kier molecular flexibility index (Phi) is 5.03. The summed E-state index contributed by atoms with van der Waals surface area (Å²) in [6.45, 7) is 4.11. The van der Waals surface area contributed by atoms with Crippen molar-refractivity contribution in [2.45, 2.75) is 39.5 Å². The summed E-state index contributed by atoms with van der Waals surface area (Å²) in [5.41, 5.74) is 1.83. The fourth-order valence-electron chi connectivity index (χ4n) is 1.67. The molecule has 0 unspecified atom stereocenters. The standard InChI is InChI=1S/C14H20O2/c1-4-5-6-7-13(15)12-9-8-11(2)14(10-12)16-3/h8-10H,4-7H2,1-3H3. The number of methoxy groups -OCH3 is 1. The van der Waals surface area contributed by atoms with Crippen molar-refractivity contribution >= 4 is 5.78 Å². The van der Waals surface area contributed by atoms with Crippen LogP contribution in [0.1, 0.15) is 48.5 Å². The molecule has 0 saturated carbocycles. The average molecular weight is 220 g/mol. The van der Waals surface area contributed by atoms with Gasteiger partial charge in [0.05, 0.1) is 7.11 Å². The van der Waals surface area contributed by atoms with Gasteiger partial charge in [-0.05, 0) is 25.0 Å². The monoisotopic (exact) mass is 220 g/mol. The Morgan fingerprint density at radius 3 is 2.69 bits per heavy atom. The van der Waals surface area contributed by atoms with Gasteiger partial charge < -0.3 is 4.74 Å². The second-order valence-corrected chi connectivity index (χ2v) is 4.06. The highest BCUT2D eigenvalue weighted by atomic mass is 16.5. The maximum absolute atomic E-state index is 11.8. The van der Waals surface area contributed by atoms with Crippen LogP contribution in [0.25, 0.3) is 0 Å². The van der Waals surface area contributed by atoms with E-state index in [1.165, 1.54) is 0 Å². The smallest absolute Gasteiger partial charge is 0.163 e.